The fourth-order valence-electron chi connectivity index (χ4n) is 2.93. The molecule has 4 nitrogen and oxygen atoms in total. The summed E-state index contributed by atoms with van der Waals surface area (Å²) in [7, 11) is 0. The van der Waals surface area contributed by atoms with Crippen molar-refractivity contribution in [2.45, 2.75) is 13.8 Å². The molecule has 2 heterocycles. The minimum atomic E-state index is -0.296. The first-order valence-electron chi connectivity index (χ1n) is 9.26. The number of carbonyl (C=O) groups is 1. The van der Waals surface area contributed by atoms with E-state index in [1.165, 1.54) is 23.9 Å². The topological polar surface area (TPSA) is 45.8 Å². The molecule has 1 saturated heterocycles. The van der Waals surface area contributed by atoms with Gasteiger partial charge in [-0.25, -0.2) is 9.38 Å². The number of amidine groups is 1. The van der Waals surface area contributed by atoms with Crippen LogP contribution in [0.15, 0.2) is 75.0 Å². The lowest BCUT2D eigenvalue weighted by Crippen LogP contribution is -2.28. The molecule has 0 N–H and O–H groups in total. The average molecular weight is 406 g/mol. The van der Waals surface area contributed by atoms with Crippen molar-refractivity contribution in [3.63, 3.8) is 0 Å². The maximum atomic E-state index is 13.1. The second kappa shape index (κ2) is 8.09. The number of hydrogen-bond donors (Lipinski definition) is 0. The molecule has 29 heavy (non-hydrogen) atoms. The van der Waals surface area contributed by atoms with Crippen molar-refractivity contribution in [2.24, 2.45) is 4.99 Å². The highest BCUT2D eigenvalue weighted by Crippen LogP contribution is 2.35. The quantitative estimate of drug-likeness (QED) is 0.498. The van der Waals surface area contributed by atoms with Gasteiger partial charge in [-0.1, -0.05) is 17.7 Å². The molecule has 3 aromatic rings. The Kier molecular flexibility index (Phi) is 5.36. The van der Waals surface area contributed by atoms with Crippen molar-refractivity contribution < 1.29 is 13.6 Å². The minimum absolute atomic E-state index is 0.0944. The van der Waals surface area contributed by atoms with E-state index < -0.39 is 0 Å². The summed E-state index contributed by atoms with van der Waals surface area (Å²) < 4.78 is 18.9. The first-order valence-corrected chi connectivity index (χ1v) is 10.1. The van der Waals surface area contributed by atoms with Gasteiger partial charge in [0.1, 0.15) is 17.3 Å². The van der Waals surface area contributed by atoms with Crippen LogP contribution in [0.2, 0.25) is 0 Å². The van der Waals surface area contributed by atoms with Gasteiger partial charge in [0.25, 0.3) is 5.91 Å². The fraction of sp³-hybridized carbons (Fsp3) is 0.130. The third-order valence-electron chi connectivity index (χ3n) is 4.49. The van der Waals surface area contributed by atoms with Gasteiger partial charge in [0.05, 0.1) is 10.6 Å². The molecule has 0 atom stereocenters. The van der Waals surface area contributed by atoms with E-state index in [2.05, 4.69) is 4.99 Å². The smallest absolute Gasteiger partial charge is 0.266 e. The Labute approximate surface area is 172 Å². The van der Waals surface area contributed by atoms with Crippen molar-refractivity contribution in [2.75, 3.05) is 6.54 Å². The Morgan fingerprint density at radius 3 is 2.48 bits per heavy atom. The summed E-state index contributed by atoms with van der Waals surface area (Å²) >= 11 is 1.33. The van der Waals surface area contributed by atoms with Crippen LogP contribution in [0.25, 0.3) is 17.4 Å². The fourth-order valence-corrected chi connectivity index (χ4v) is 3.97. The van der Waals surface area contributed by atoms with Crippen LogP contribution in [-0.2, 0) is 4.79 Å². The third kappa shape index (κ3) is 4.17. The number of thioether (sulfide) groups is 1. The van der Waals surface area contributed by atoms with Gasteiger partial charge in [0.15, 0.2) is 5.17 Å². The molecule has 0 saturated carbocycles. The van der Waals surface area contributed by atoms with Crippen LogP contribution in [0.1, 0.15) is 18.2 Å². The van der Waals surface area contributed by atoms with E-state index in [-0.39, 0.29) is 11.7 Å². The van der Waals surface area contributed by atoms with Gasteiger partial charge < -0.3 is 4.42 Å². The van der Waals surface area contributed by atoms with Crippen LogP contribution in [0.4, 0.5) is 10.1 Å². The predicted octanol–water partition coefficient (Wildman–Crippen LogP) is 6.02. The zero-order chi connectivity index (χ0) is 20.4. The van der Waals surface area contributed by atoms with Gasteiger partial charge in [-0.15, -0.1) is 0 Å². The normalized spacial score (nSPS) is 16.9. The molecule has 1 aliphatic heterocycles. The molecule has 6 heteroatoms. The largest absolute Gasteiger partial charge is 0.457 e. The van der Waals surface area contributed by atoms with Crippen molar-refractivity contribution in [1.29, 1.82) is 0 Å². The lowest BCUT2D eigenvalue weighted by molar-refractivity contribution is -0.122. The van der Waals surface area contributed by atoms with Crippen molar-refractivity contribution in [1.82, 2.24) is 4.90 Å². The average Bonchev–Trinajstić information content (AvgIpc) is 3.29. The molecule has 0 aliphatic carbocycles. The van der Waals surface area contributed by atoms with E-state index in [1.54, 1.807) is 29.2 Å². The molecule has 1 aliphatic rings. The Balaban J connectivity index is 1.60. The highest BCUT2D eigenvalue weighted by molar-refractivity contribution is 8.18. The van der Waals surface area contributed by atoms with E-state index in [0.29, 0.717) is 28.1 Å². The Morgan fingerprint density at radius 2 is 1.79 bits per heavy atom. The summed E-state index contributed by atoms with van der Waals surface area (Å²) in [6, 6.07) is 17.6. The maximum absolute atomic E-state index is 13.1. The molecule has 1 fully saturated rings. The van der Waals surface area contributed by atoms with Crippen LogP contribution >= 0.6 is 11.8 Å². The summed E-state index contributed by atoms with van der Waals surface area (Å²) in [5.41, 5.74) is 2.74. The SMILES string of the molecule is CCN1C(=O)/C(=C\c2ccc(-c3ccc(F)cc3)o2)SC1=Nc1ccc(C)cc1. The Hall–Kier alpha value is -3.12. The summed E-state index contributed by atoms with van der Waals surface area (Å²) in [6.45, 7) is 4.48. The van der Waals surface area contributed by atoms with E-state index in [9.17, 15) is 9.18 Å². The lowest BCUT2D eigenvalue weighted by Gasteiger charge is -2.11. The molecular weight excluding hydrogens is 387 g/mol. The van der Waals surface area contributed by atoms with Crippen LogP contribution in [-0.4, -0.2) is 22.5 Å². The van der Waals surface area contributed by atoms with Crippen molar-refractivity contribution >= 4 is 34.6 Å². The highest BCUT2D eigenvalue weighted by Gasteiger charge is 2.32. The van der Waals surface area contributed by atoms with Gasteiger partial charge in [0, 0.05) is 18.2 Å². The molecule has 0 unspecified atom stereocenters. The molecule has 4 rings (SSSR count). The summed E-state index contributed by atoms with van der Waals surface area (Å²) in [6.07, 6.45) is 1.72. The second-order valence-electron chi connectivity index (χ2n) is 6.60. The monoisotopic (exact) mass is 406 g/mol. The van der Waals surface area contributed by atoms with Gasteiger partial charge in [-0.2, -0.15) is 0 Å². The van der Waals surface area contributed by atoms with Gasteiger partial charge in [0.2, 0.25) is 0 Å². The van der Waals surface area contributed by atoms with Crippen LogP contribution in [0, 0.1) is 12.7 Å². The van der Waals surface area contributed by atoms with E-state index in [0.717, 1.165) is 16.8 Å². The highest BCUT2D eigenvalue weighted by atomic mass is 32.2. The molecule has 2 aromatic carbocycles. The van der Waals surface area contributed by atoms with Crippen molar-refractivity contribution in [3.8, 4) is 11.3 Å². The second-order valence-corrected chi connectivity index (χ2v) is 7.61. The number of furan rings is 1. The standard InChI is InChI=1S/C23H19FN2O2S/c1-3-26-22(27)21(29-23(26)25-18-10-4-15(2)5-11-18)14-19-12-13-20(28-19)16-6-8-17(24)9-7-16/h4-14H,3H2,1-2H3/b21-14+,25-23?. The molecule has 0 radical (unpaired) electrons. The molecule has 0 spiro atoms. The number of aliphatic imine (C=N–C) groups is 1. The molecule has 146 valence electrons. The van der Waals surface area contributed by atoms with Gasteiger partial charge in [-0.3, -0.25) is 9.69 Å². The Bertz CT molecular complexity index is 1100. The number of halogens is 1. The molecular formula is C23H19FN2O2S. The predicted molar refractivity (Wildman–Crippen MR) is 115 cm³/mol. The minimum Gasteiger partial charge on any atom is -0.457 e. The van der Waals surface area contributed by atoms with E-state index >= 15 is 0 Å². The number of nitrogens with zero attached hydrogens (tertiary/aromatic N) is 2. The third-order valence-corrected chi connectivity index (χ3v) is 5.50. The molecule has 1 aromatic heterocycles. The summed E-state index contributed by atoms with van der Waals surface area (Å²) in [5, 5.41) is 0.651. The molecule has 0 bridgehead atoms. The van der Waals surface area contributed by atoms with Gasteiger partial charge in [-0.05, 0) is 74.1 Å². The Morgan fingerprint density at radius 1 is 1.07 bits per heavy atom. The first-order chi connectivity index (χ1) is 14.0. The zero-order valence-electron chi connectivity index (χ0n) is 16.1. The summed E-state index contributed by atoms with van der Waals surface area (Å²) in [5.74, 6) is 0.791. The lowest BCUT2D eigenvalue weighted by atomic mass is 10.2. The van der Waals surface area contributed by atoms with Crippen LogP contribution < -0.4 is 0 Å². The maximum Gasteiger partial charge on any atom is 0.266 e. The van der Waals surface area contributed by atoms with E-state index in [1.807, 2.05) is 44.2 Å². The number of amides is 1. The number of carbonyl (C=O) groups excluding carboxylic acids is 1. The molecule has 1 amide bonds. The van der Waals surface area contributed by atoms with E-state index in [4.69, 9.17) is 4.42 Å². The number of aryl methyl sites for hydroxylation is 1. The van der Waals surface area contributed by atoms with Crippen LogP contribution in [0.3, 0.4) is 0 Å². The first kappa shape index (κ1) is 19.2. The number of rotatable bonds is 4. The van der Waals surface area contributed by atoms with Crippen molar-refractivity contribution in [3.05, 3.63) is 82.7 Å². The number of likely N-dealkylation sites (N-methyl/N-ethyl adjacent to an activating group) is 1. The van der Waals surface area contributed by atoms with Crippen LogP contribution in [0.5, 0.6) is 0 Å². The summed E-state index contributed by atoms with van der Waals surface area (Å²) in [4.78, 5) is 19.6. The zero-order valence-corrected chi connectivity index (χ0v) is 16.9. The van der Waals surface area contributed by atoms with Gasteiger partial charge >= 0.3 is 0 Å². The number of benzene rings is 2. The number of hydrogen-bond acceptors (Lipinski definition) is 4.